The lowest BCUT2D eigenvalue weighted by atomic mass is 10.1. The highest BCUT2D eigenvalue weighted by atomic mass is 35.5. The quantitative estimate of drug-likeness (QED) is 0.896. The van der Waals surface area contributed by atoms with Gasteiger partial charge in [-0.05, 0) is 31.8 Å². The predicted molar refractivity (Wildman–Crippen MR) is 72.9 cm³/mol. The zero-order chi connectivity index (χ0) is 12.1. The van der Waals surface area contributed by atoms with E-state index in [-0.39, 0.29) is 0 Å². The van der Waals surface area contributed by atoms with Gasteiger partial charge in [-0.2, -0.15) is 8.75 Å². The number of nitrogens with one attached hydrogen (secondary N) is 1. The number of nitrogens with zero attached hydrogens (tertiary/aromatic N) is 3. The van der Waals surface area contributed by atoms with Crippen molar-refractivity contribution in [3.8, 4) is 0 Å². The molecule has 1 aromatic rings. The zero-order valence-electron chi connectivity index (χ0n) is 10.2. The van der Waals surface area contributed by atoms with Crippen molar-refractivity contribution in [3.63, 3.8) is 0 Å². The fraction of sp³-hybridized carbons (Fsp3) is 0.818. The average Bonchev–Trinajstić information content (AvgIpc) is 2.74. The molecule has 1 unspecified atom stereocenters. The summed E-state index contributed by atoms with van der Waals surface area (Å²) in [5.74, 6) is 1.33. The molecule has 4 nitrogen and oxygen atoms in total. The Morgan fingerprint density at radius 1 is 1.35 bits per heavy atom. The van der Waals surface area contributed by atoms with Crippen molar-refractivity contribution in [3.05, 3.63) is 5.15 Å². The molecule has 1 saturated heterocycles. The number of rotatable bonds is 5. The van der Waals surface area contributed by atoms with E-state index in [1.165, 1.54) is 32.4 Å². The summed E-state index contributed by atoms with van der Waals surface area (Å²) in [5.41, 5.74) is 0. The second-order valence-electron chi connectivity index (χ2n) is 4.75. The predicted octanol–water partition coefficient (Wildman–Crippen LogP) is 2.73. The maximum Gasteiger partial charge on any atom is 0.186 e. The minimum absolute atomic E-state index is 0.486. The van der Waals surface area contributed by atoms with Gasteiger partial charge in [0.1, 0.15) is 0 Å². The van der Waals surface area contributed by atoms with Crippen molar-refractivity contribution in [2.45, 2.75) is 26.2 Å². The fourth-order valence-electron chi connectivity index (χ4n) is 2.20. The summed E-state index contributed by atoms with van der Waals surface area (Å²) in [7, 11) is 0. The first-order valence-electron chi connectivity index (χ1n) is 6.20. The van der Waals surface area contributed by atoms with Gasteiger partial charge >= 0.3 is 0 Å². The van der Waals surface area contributed by atoms with Crippen LogP contribution in [0.15, 0.2) is 0 Å². The standard InChI is InChI=1S/C11H19ClN4S/c1-9(8-16-5-3-2-4-6-16)7-13-11-10(12)14-17-15-11/h9H,2-8H2,1H3,(H,13,15). The van der Waals surface area contributed by atoms with E-state index in [4.69, 9.17) is 11.6 Å². The molecule has 0 saturated carbocycles. The van der Waals surface area contributed by atoms with E-state index in [0.717, 1.165) is 30.6 Å². The first-order chi connectivity index (χ1) is 8.25. The fourth-order valence-corrected chi connectivity index (χ4v) is 2.88. The first-order valence-corrected chi connectivity index (χ1v) is 7.31. The Hall–Kier alpha value is -0.390. The molecule has 0 amide bonds. The summed E-state index contributed by atoms with van der Waals surface area (Å²) in [4.78, 5) is 2.55. The van der Waals surface area contributed by atoms with Crippen molar-refractivity contribution in [1.82, 2.24) is 13.6 Å². The normalized spacial score (nSPS) is 19.2. The van der Waals surface area contributed by atoms with Gasteiger partial charge in [0.15, 0.2) is 11.0 Å². The van der Waals surface area contributed by atoms with Gasteiger partial charge in [0, 0.05) is 13.1 Å². The minimum atomic E-state index is 0.486. The molecule has 1 N–H and O–H groups in total. The average molecular weight is 275 g/mol. The highest BCUT2D eigenvalue weighted by molar-refractivity contribution is 6.99. The molecular weight excluding hydrogens is 256 g/mol. The minimum Gasteiger partial charge on any atom is -0.366 e. The van der Waals surface area contributed by atoms with Crippen molar-refractivity contribution in [2.75, 3.05) is 31.5 Å². The van der Waals surface area contributed by atoms with Crippen LogP contribution in [-0.4, -0.2) is 39.8 Å². The molecule has 0 bridgehead atoms. The molecule has 6 heteroatoms. The van der Waals surface area contributed by atoms with Crippen LogP contribution in [0.3, 0.4) is 0 Å². The Balaban J connectivity index is 1.70. The smallest absolute Gasteiger partial charge is 0.186 e. The lowest BCUT2D eigenvalue weighted by Crippen LogP contribution is -2.35. The molecule has 0 aliphatic carbocycles. The SMILES string of the molecule is CC(CNc1nsnc1Cl)CN1CCCCC1. The van der Waals surface area contributed by atoms with E-state index in [1.807, 2.05) is 0 Å². The van der Waals surface area contributed by atoms with Gasteiger partial charge in [-0.1, -0.05) is 24.9 Å². The van der Waals surface area contributed by atoms with Gasteiger partial charge in [0.05, 0.1) is 11.7 Å². The topological polar surface area (TPSA) is 41.1 Å². The Morgan fingerprint density at radius 3 is 2.76 bits per heavy atom. The second kappa shape index (κ2) is 6.52. The molecule has 2 rings (SSSR count). The Kier molecular flexibility index (Phi) is 5.00. The van der Waals surface area contributed by atoms with Crippen molar-refractivity contribution < 1.29 is 0 Å². The van der Waals surface area contributed by atoms with E-state index in [2.05, 4.69) is 25.9 Å². The molecule has 2 heterocycles. The van der Waals surface area contributed by atoms with Crippen LogP contribution in [0.2, 0.25) is 5.15 Å². The van der Waals surface area contributed by atoms with Crippen LogP contribution in [0.4, 0.5) is 5.82 Å². The van der Waals surface area contributed by atoms with Crippen LogP contribution in [0, 0.1) is 5.92 Å². The van der Waals surface area contributed by atoms with Gasteiger partial charge < -0.3 is 10.2 Å². The van der Waals surface area contributed by atoms with Crippen LogP contribution >= 0.6 is 23.3 Å². The van der Waals surface area contributed by atoms with E-state index in [0.29, 0.717) is 11.1 Å². The summed E-state index contributed by atoms with van der Waals surface area (Å²) < 4.78 is 8.04. The van der Waals surface area contributed by atoms with E-state index in [1.54, 1.807) is 0 Å². The molecule has 1 aliphatic rings. The van der Waals surface area contributed by atoms with Crippen LogP contribution in [0.5, 0.6) is 0 Å². The molecule has 0 radical (unpaired) electrons. The summed E-state index contributed by atoms with van der Waals surface area (Å²) in [6.07, 6.45) is 4.09. The molecule has 17 heavy (non-hydrogen) atoms. The van der Waals surface area contributed by atoms with Crippen molar-refractivity contribution >= 4 is 29.1 Å². The number of aromatic nitrogens is 2. The molecule has 96 valence electrons. The van der Waals surface area contributed by atoms with Crippen LogP contribution < -0.4 is 5.32 Å². The zero-order valence-corrected chi connectivity index (χ0v) is 11.7. The van der Waals surface area contributed by atoms with Gasteiger partial charge in [-0.15, -0.1) is 0 Å². The lowest BCUT2D eigenvalue weighted by molar-refractivity contribution is 0.204. The number of hydrogen-bond acceptors (Lipinski definition) is 5. The molecular formula is C11H19ClN4S. The van der Waals surface area contributed by atoms with E-state index >= 15 is 0 Å². The van der Waals surface area contributed by atoms with Crippen LogP contribution in [-0.2, 0) is 0 Å². The van der Waals surface area contributed by atoms with Gasteiger partial charge in [-0.25, -0.2) is 0 Å². The molecule has 1 aromatic heterocycles. The van der Waals surface area contributed by atoms with Gasteiger partial charge in [0.25, 0.3) is 0 Å². The third kappa shape index (κ3) is 4.08. The van der Waals surface area contributed by atoms with E-state index in [9.17, 15) is 0 Å². The van der Waals surface area contributed by atoms with Crippen molar-refractivity contribution in [1.29, 1.82) is 0 Å². The van der Waals surface area contributed by atoms with Crippen molar-refractivity contribution in [2.24, 2.45) is 5.92 Å². The van der Waals surface area contributed by atoms with E-state index < -0.39 is 0 Å². The molecule has 1 fully saturated rings. The monoisotopic (exact) mass is 274 g/mol. The van der Waals surface area contributed by atoms with Crippen LogP contribution in [0.1, 0.15) is 26.2 Å². The number of halogens is 1. The third-order valence-electron chi connectivity index (χ3n) is 3.09. The molecule has 0 aromatic carbocycles. The van der Waals surface area contributed by atoms with Crippen LogP contribution in [0.25, 0.3) is 0 Å². The highest BCUT2D eigenvalue weighted by Crippen LogP contribution is 2.18. The summed E-state index contributed by atoms with van der Waals surface area (Å²) in [6, 6.07) is 0. The Bertz CT molecular complexity index is 338. The molecule has 0 spiro atoms. The summed E-state index contributed by atoms with van der Waals surface area (Å²) >= 11 is 7.03. The number of hydrogen-bond donors (Lipinski definition) is 1. The second-order valence-corrected chi connectivity index (χ2v) is 5.64. The highest BCUT2D eigenvalue weighted by Gasteiger charge is 2.14. The molecule has 1 aliphatic heterocycles. The Morgan fingerprint density at radius 2 is 2.12 bits per heavy atom. The van der Waals surface area contributed by atoms with Gasteiger partial charge in [-0.3, -0.25) is 0 Å². The first kappa shape index (κ1) is 13.1. The largest absolute Gasteiger partial charge is 0.366 e. The Labute approximate surface area is 112 Å². The molecule has 1 atom stereocenters. The summed E-state index contributed by atoms with van der Waals surface area (Å²) in [5, 5.41) is 3.75. The maximum atomic E-state index is 5.88. The third-order valence-corrected chi connectivity index (χ3v) is 3.98. The van der Waals surface area contributed by atoms with Gasteiger partial charge in [0.2, 0.25) is 0 Å². The summed E-state index contributed by atoms with van der Waals surface area (Å²) in [6.45, 7) is 6.83. The number of likely N-dealkylation sites (tertiary alicyclic amines) is 1. The number of piperidine rings is 1. The number of anilines is 1. The maximum absolute atomic E-state index is 5.88. The lowest BCUT2D eigenvalue weighted by Gasteiger charge is -2.29.